The normalized spacial score (nSPS) is 25.3. The lowest BCUT2D eigenvalue weighted by atomic mass is 10.3. The fraction of sp³-hybridized carbons (Fsp3) is 0.875. The van der Waals surface area contributed by atoms with Crippen molar-refractivity contribution >= 4 is 5.91 Å². The van der Waals surface area contributed by atoms with Crippen molar-refractivity contribution in [2.24, 2.45) is 0 Å². The van der Waals surface area contributed by atoms with Gasteiger partial charge < -0.3 is 10.1 Å². The van der Waals surface area contributed by atoms with Crippen LogP contribution in [0.1, 0.15) is 6.92 Å². The molecule has 0 aromatic heterocycles. The van der Waals surface area contributed by atoms with Crippen molar-refractivity contribution in [3.8, 4) is 0 Å². The van der Waals surface area contributed by atoms with Gasteiger partial charge in [0.25, 0.3) is 0 Å². The fourth-order valence-corrected chi connectivity index (χ4v) is 1.32. The van der Waals surface area contributed by atoms with Gasteiger partial charge in [0.05, 0.1) is 19.3 Å². The summed E-state index contributed by atoms with van der Waals surface area (Å²) in [6.07, 6.45) is 0.253. The van der Waals surface area contributed by atoms with E-state index in [1.165, 1.54) is 0 Å². The fourth-order valence-electron chi connectivity index (χ4n) is 1.32. The number of hydrogen-bond donors (Lipinski definition) is 1. The minimum absolute atomic E-state index is 0.0732. The number of hydrogen-bond acceptors (Lipinski definition) is 3. The van der Waals surface area contributed by atoms with Crippen LogP contribution in [0.2, 0.25) is 0 Å². The van der Waals surface area contributed by atoms with Gasteiger partial charge in [-0.25, -0.2) is 0 Å². The molecule has 0 spiro atoms. The van der Waals surface area contributed by atoms with Crippen LogP contribution in [0, 0.1) is 0 Å². The number of likely N-dealkylation sites (N-methyl/N-ethyl adjacent to an activating group) is 1. The molecule has 0 aromatic carbocycles. The maximum Gasteiger partial charge on any atom is 0.233 e. The number of carbonyl (C=O) groups excluding carboxylic acids is 1. The molecule has 1 saturated heterocycles. The lowest BCUT2D eigenvalue weighted by Crippen LogP contribution is -2.45. The summed E-state index contributed by atoms with van der Waals surface area (Å²) in [5, 5.41) is 2.61. The van der Waals surface area contributed by atoms with Crippen molar-refractivity contribution in [1.29, 1.82) is 0 Å². The van der Waals surface area contributed by atoms with Crippen molar-refractivity contribution in [2.75, 3.05) is 33.3 Å². The largest absolute Gasteiger partial charge is 0.376 e. The first-order valence-electron chi connectivity index (χ1n) is 4.27. The van der Waals surface area contributed by atoms with Crippen LogP contribution in [0.15, 0.2) is 0 Å². The van der Waals surface area contributed by atoms with E-state index in [2.05, 4.69) is 10.2 Å². The topological polar surface area (TPSA) is 41.6 Å². The Bertz CT molecular complexity index is 161. The molecule has 1 fully saturated rings. The number of morpholine rings is 1. The van der Waals surface area contributed by atoms with Gasteiger partial charge in [0.1, 0.15) is 0 Å². The zero-order chi connectivity index (χ0) is 8.97. The monoisotopic (exact) mass is 172 g/mol. The van der Waals surface area contributed by atoms with Crippen LogP contribution in [0.4, 0.5) is 0 Å². The number of nitrogens with zero attached hydrogens (tertiary/aromatic N) is 1. The number of carbonyl (C=O) groups is 1. The second-order valence-corrected chi connectivity index (χ2v) is 3.09. The molecule has 0 saturated carbocycles. The molecule has 1 N–H and O–H groups in total. The smallest absolute Gasteiger partial charge is 0.233 e. The quantitative estimate of drug-likeness (QED) is 0.608. The Balaban J connectivity index is 2.27. The molecular formula is C8H16N2O2. The van der Waals surface area contributed by atoms with Gasteiger partial charge in [-0.2, -0.15) is 0 Å². The Kier molecular flexibility index (Phi) is 3.49. The number of nitrogens with one attached hydrogen (secondary N) is 1. The predicted octanol–water partition coefficient (Wildman–Crippen LogP) is -0.547. The highest BCUT2D eigenvalue weighted by molar-refractivity contribution is 5.77. The molecule has 1 rings (SSSR count). The maximum atomic E-state index is 11.0. The summed E-state index contributed by atoms with van der Waals surface area (Å²) < 4.78 is 5.35. The van der Waals surface area contributed by atoms with Crippen molar-refractivity contribution in [3.63, 3.8) is 0 Å². The van der Waals surface area contributed by atoms with Crippen molar-refractivity contribution in [3.05, 3.63) is 0 Å². The number of ether oxygens (including phenoxy) is 1. The van der Waals surface area contributed by atoms with Crippen molar-refractivity contribution in [1.82, 2.24) is 10.2 Å². The summed E-state index contributed by atoms with van der Waals surface area (Å²) in [4.78, 5) is 13.1. The zero-order valence-electron chi connectivity index (χ0n) is 7.67. The summed E-state index contributed by atoms with van der Waals surface area (Å²) in [5.41, 5.74) is 0. The zero-order valence-corrected chi connectivity index (χ0v) is 7.67. The summed E-state index contributed by atoms with van der Waals surface area (Å²) >= 11 is 0. The number of rotatable bonds is 2. The summed E-state index contributed by atoms with van der Waals surface area (Å²) in [5.74, 6) is 0.0732. The van der Waals surface area contributed by atoms with Crippen LogP contribution in [0.3, 0.4) is 0 Å². The van der Waals surface area contributed by atoms with E-state index in [-0.39, 0.29) is 12.0 Å². The molecule has 1 atom stereocenters. The molecule has 4 nitrogen and oxygen atoms in total. The highest BCUT2D eigenvalue weighted by atomic mass is 16.5. The van der Waals surface area contributed by atoms with Crippen LogP contribution < -0.4 is 5.32 Å². The molecule has 1 heterocycles. The molecular weight excluding hydrogens is 156 g/mol. The molecule has 70 valence electrons. The summed E-state index contributed by atoms with van der Waals surface area (Å²) in [7, 11) is 1.66. The highest BCUT2D eigenvalue weighted by Crippen LogP contribution is 2.02. The van der Waals surface area contributed by atoms with E-state index >= 15 is 0 Å². The first-order chi connectivity index (χ1) is 5.72. The Morgan fingerprint density at radius 2 is 2.50 bits per heavy atom. The van der Waals surface area contributed by atoms with Gasteiger partial charge in [0.15, 0.2) is 0 Å². The maximum absolute atomic E-state index is 11.0. The molecule has 1 aliphatic rings. The summed E-state index contributed by atoms with van der Waals surface area (Å²) in [6, 6.07) is 0. The van der Waals surface area contributed by atoms with Gasteiger partial charge >= 0.3 is 0 Å². The van der Waals surface area contributed by atoms with Gasteiger partial charge in [0, 0.05) is 20.1 Å². The van der Waals surface area contributed by atoms with Crippen molar-refractivity contribution < 1.29 is 9.53 Å². The summed E-state index contributed by atoms with van der Waals surface area (Å²) in [6.45, 7) is 4.96. The molecule has 12 heavy (non-hydrogen) atoms. The standard InChI is InChI=1S/C8H16N2O2/c1-7-5-10(3-4-12-7)6-8(11)9-2/h7H,3-6H2,1-2H3,(H,9,11). The van der Waals surface area contributed by atoms with Crippen LogP contribution in [0.25, 0.3) is 0 Å². The molecule has 0 radical (unpaired) electrons. The second-order valence-electron chi connectivity index (χ2n) is 3.09. The first-order valence-corrected chi connectivity index (χ1v) is 4.27. The molecule has 0 bridgehead atoms. The molecule has 1 unspecified atom stereocenters. The second kappa shape index (κ2) is 4.42. The third kappa shape index (κ3) is 2.79. The van der Waals surface area contributed by atoms with E-state index in [4.69, 9.17) is 4.74 Å². The minimum Gasteiger partial charge on any atom is -0.376 e. The average molecular weight is 172 g/mol. The average Bonchev–Trinajstić information content (AvgIpc) is 2.04. The van der Waals surface area contributed by atoms with Gasteiger partial charge in [-0.3, -0.25) is 9.69 Å². The Hall–Kier alpha value is -0.610. The van der Waals surface area contributed by atoms with Gasteiger partial charge in [0.2, 0.25) is 5.91 Å². The molecule has 4 heteroatoms. The highest BCUT2D eigenvalue weighted by Gasteiger charge is 2.17. The van der Waals surface area contributed by atoms with Crippen LogP contribution >= 0.6 is 0 Å². The SMILES string of the molecule is CNC(=O)CN1CCOC(C)C1. The lowest BCUT2D eigenvalue weighted by molar-refractivity contribution is -0.123. The molecule has 0 aromatic rings. The molecule has 1 aliphatic heterocycles. The third-order valence-electron chi connectivity index (χ3n) is 1.97. The van der Waals surface area contributed by atoms with Crippen molar-refractivity contribution in [2.45, 2.75) is 13.0 Å². The van der Waals surface area contributed by atoms with Gasteiger partial charge in [-0.15, -0.1) is 0 Å². The van der Waals surface area contributed by atoms with Crippen LogP contribution in [-0.2, 0) is 9.53 Å². The van der Waals surface area contributed by atoms with Gasteiger partial charge in [-0.1, -0.05) is 0 Å². The Morgan fingerprint density at radius 1 is 1.75 bits per heavy atom. The minimum atomic E-state index is 0.0732. The first kappa shape index (κ1) is 9.48. The number of amides is 1. The van der Waals surface area contributed by atoms with Gasteiger partial charge in [-0.05, 0) is 6.92 Å². The molecule has 0 aliphatic carbocycles. The van der Waals surface area contributed by atoms with E-state index in [9.17, 15) is 4.79 Å². The van der Waals surface area contributed by atoms with Crippen LogP contribution in [0.5, 0.6) is 0 Å². The van der Waals surface area contributed by atoms with E-state index in [0.29, 0.717) is 6.54 Å². The lowest BCUT2D eigenvalue weighted by Gasteiger charge is -2.30. The van der Waals surface area contributed by atoms with E-state index < -0.39 is 0 Å². The Labute approximate surface area is 72.9 Å². The Morgan fingerprint density at radius 3 is 3.08 bits per heavy atom. The molecule has 1 amide bonds. The van der Waals surface area contributed by atoms with E-state index in [1.807, 2.05) is 6.92 Å². The van der Waals surface area contributed by atoms with E-state index in [0.717, 1.165) is 19.7 Å². The predicted molar refractivity (Wildman–Crippen MR) is 45.9 cm³/mol. The van der Waals surface area contributed by atoms with Crippen LogP contribution in [-0.4, -0.2) is 50.2 Å². The third-order valence-corrected chi connectivity index (χ3v) is 1.97. The van der Waals surface area contributed by atoms with E-state index in [1.54, 1.807) is 7.05 Å².